The first-order chi connectivity index (χ1) is 9.83. The lowest BCUT2D eigenvalue weighted by atomic mass is 9.96. The molecule has 0 radical (unpaired) electrons. The molecule has 0 aromatic carbocycles. The van der Waals surface area contributed by atoms with Crippen LogP contribution < -0.4 is 10.2 Å². The molecule has 0 saturated carbocycles. The molecule has 0 spiro atoms. The van der Waals surface area contributed by atoms with E-state index in [9.17, 15) is 0 Å². The van der Waals surface area contributed by atoms with Gasteiger partial charge < -0.3 is 15.0 Å². The van der Waals surface area contributed by atoms with Gasteiger partial charge in [0.15, 0.2) is 0 Å². The molecule has 1 aliphatic heterocycles. The highest BCUT2D eigenvalue weighted by Crippen LogP contribution is 2.22. The van der Waals surface area contributed by atoms with Gasteiger partial charge in [0.25, 0.3) is 0 Å². The fraction of sp³-hybridized carbons (Fsp3) is 0.733. The maximum atomic E-state index is 5.00. The zero-order valence-electron chi connectivity index (χ0n) is 12.6. The molecule has 0 amide bonds. The zero-order chi connectivity index (χ0) is 14.2. The number of hydrogen-bond acceptors (Lipinski definition) is 5. The summed E-state index contributed by atoms with van der Waals surface area (Å²) in [5.74, 6) is 1.67. The lowest BCUT2D eigenvalue weighted by Crippen LogP contribution is -2.36. The number of rotatable bonds is 7. The van der Waals surface area contributed by atoms with E-state index >= 15 is 0 Å². The fourth-order valence-electron chi connectivity index (χ4n) is 2.59. The number of anilines is 1. The second kappa shape index (κ2) is 8.17. The predicted molar refractivity (Wildman–Crippen MR) is 80.8 cm³/mol. The molecule has 1 unspecified atom stereocenters. The first-order valence-corrected chi connectivity index (χ1v) is 7.59. The highest BCUT2D eigenvalue weighted by Gasteiger charge is 2.20. The zero-order valence-corrected chi connectivity index (χ0v) is 12.6. The fourth-order valence-corrected chi connectivity index (χ4v) is 2.59. The van der Waals surface area contributed by atoms with E-state index in [0.29, 0.717) is 0 Å². The van der Waals surface area contributed by atoms with E-state index in [1.807, 2.05) is 12.4 Å². The van der Waals surface area contributed by atoms with Gasteiger partial charge in [0.2, 0.25) is 5.95 Å². The van der Waals surface area contributed by atoms with Crippen molar-refractivity contribution in [3.8, 4) is 0 Å². The van der Waals surface area contributed by atoms with E-state index in [0.717, 1.165) is 50.2 Å². The van der Waals surface area contributed by atoms with Crippen molar-refractivity contribution >= 4 is 5.95 Å². The van der Waals surface area contributed by atoms with Gasteiger partial charge in [-0.15, -0.1) is 0 Å². The van der Waals surface area contributed by atoms with Crippen molar-refractivity contribution < 1.29 is 4.74 Å². The minimum Gasteiger partial charge on any atom is -0.383 e. The van der Waals surface area contributed by atoms with Crippen molar-refractivity contribution in [2.45, 2.75) is 32.7 Å². The van der Waals surface area contributed by atoms with Crippen LogP contribution in [0, 0.1) is 5.92 Å². The second-order valence-electron chi connectivity index (χ2n) is 5.42. The summed E-state index contributed by atoms with van der Waals surface area (Å²) in [6.45, 7) is 6.82. The number of hydrogen-bond donors (Lipinski definition) is 1. The first kappa shape index (κ1) is 15.2. The Morgan fingerprint density at radius 2 is 2.20 bits per heavy atom. The third kappa shape index (κ3) is 4.42. The van der Waals surface area contributed by atoms with Crippen molar-refractivity contribution in [2.75, 3.05) is 38.3 Å². The van der Waals surface area contributed by atoms with E-state index in [1.54, 1.807) is 7.11 Å². The summed E-state index contributed by atoms with van der Waals surface area (Å²) in [4.78, 5) is 11.3. The van der Waals surface area contributed by atoms with E-state index in [2.05, 4.69) is 27.1 Å². The molecule has 1 aliphatic rings. The number of aromatic nitrogens is 2. The van der Waals surface area contributed by atoms with Crippen LogP contribution >= 0.6 is 0 Å². The van der Waals surface area contributed by atoms with Crippen LogP contribution in [0.5, 0.6) is 0 Å². The van der Waals surface area contributed by atoms with Gasteiger partial charge in [-0.25, -0.2) is 9.97 Å². The number of methoxy groups -OCH3 is 1. The van der Waals surface area contributed by atoms with E-state index in [4.69, 9.17) is 4.74 Å². The number of piperidine rings is 1. The van der Waals surface area contributed by atoms with Crippen molar-refractivity contribution in [1.29, 1.82) is 0 Å². The summed E-state index contributed by atoms with van der Waals surface area (Å²) in [5, 5.41) is 3.30. The smallest absolute Gasteiger partial charge is 0.225 e. The monoisotopic (exact) mass is 278 g/mol. The SMILES string of the molecule is CCC1CCCN(c2ncc(CNCCOC)cn2)C1. The van der Waals surface area contributed by atoms with Gasteiger partial charge in [0.1, 0.15) is 0 Å². The van der Waals surface area contributed by atoms with Gasteiger partial charge in [-0.3, -0.25) is 0 Å². The van der Waals surface area contributed by atoms with Crippen LogP contribution in [0.2, 0.25) is 0 Å². The number of nitrogens with one attached hydrogen (secondary N) is 1. The van der Waals surface area contributed by atoms with Gasteiger partial charge >= 0.3 is 0 Å². The quantitative estimate of drug-likeness (QED) is 0.771. The highest BCUT2D eigenvalue weighted by molar-refractivity contribution is 5.30. The molecule has 2 heterocycles. The van der Waals surface area contributed by atoms with Gasteiger partial charge in [-0.05, 0) is 18.8 Å². The van der Waals surface area contributed by atoms with Gasteiger partial charge in [0.05, 0.1) is 6.61 Å². The Morgan fingerprint density at radius 1 is 1.40 bits per heavy atom. The lowest BCUT2D eigenvalue weighted by Gasteiger charge is -2.32. The van der Waals surface area contributed by atoms with Crippen LogP contribution in [-0.2, 0) is 11.3 Å². The molecule has 5 nitrogen and oxygen atoms in total. The van der Waals surface area contributed by atoms with Gasteiger partial charge in [0, 0.05) is 51.2 Å². The maximum absolute atomic E-state index is 5.00. The topological polar surface area (TPSA) is 50.3 Å². The molecular formula is C15H26N4O. The molecule has 1 aromatic rings. The molecule has 5 heteroatoms. The van der Waals surface area contributed by atoms with Crippen LogP contribution in [0.1, 0.15) is 31.7 Å². The Balaban J connectivity index is 1.84. The highest BCUT2D eigenvalue weighted by atomic mass is 16.5. The minimum absolute atomic E-state index is 0.727. The van der Waals surface area contributed by atoms with Crippen LogP contribution in [0.3, 0.4) is 0 Å². The van der Waals surface area contributed by atoms with Crippen molar-refractivity contribution in [1.82, 2.24) is 15.3 Å². The molecule has 20 heavy (non-hydrogen) atoms. The normalized spacial score (nSPS) is 19.3. The lowest BCUT2D eigenvalue weighted by molar-refractivity contribution is 0.199. The molecule has 1 atom stereocenters. The Labute approximate surface area is 121 Å². The summed E-state index contributed by atoms with van der Waals surface area (Å²) in [6, 6.07) is 0. The van der Waals surface area contributed by atoms with Crippen LogP contribution in [0.15, 0.2) is 12.4 Å². The van der Waals surface area contributed by atoms with Crippen molar-refractivity contribution in [3.63, 3.8) is 0 Å². The van der Waals surface area contributed by atoms with E-state index < -0.39 is 0 Å². The summed E-state index contributed by atoms with van der Waals surface area (Å²) < 4.78 is 5.00. The van der Waals surface area contributed by atoms with Crippen LogP contribution in [0.25, 0.3) is 0 Å². The Bertz CT molecular complexity index is 382. The molecule has 1 fully saturated rings. The van der Waals surface area contributed by atoms with E-state index in [1.165, 1.54) is 19.3 Å². The maximum Gasteiger partial charge on any atom is 0.225 e. The van der Waals surface area contributed by atoms with E-state index in [-0.39, 0.29) is 0 Å². The molecule has 0 bridgehead atoms. The van der Waals surface area contributed by atoms with Crippen LogP contribution in [0.4, 0.5) is 5.95 Å². The average Bonchev–Trinajstić information content (AvgIpc) is 2.52. The molecule has 1 N–H and O–H groups in total. The number of nitrogens with zero attached hydrogens (tertiary/aromatic N) is 3. The molecule has 112 valence electrons. The minimum atomic E-state index is 0.727. The molecule has 0 aliphatic carbocycles. The summed E-state index contributed by atoms with van der Waals surface area (Å²) >= 11 is 0. The third-order valence-corrected chi connectivity index (χ3v) is 3.88. The second-order valence-corrected chi connectivity index (χ2v) is 5.42. The Hall–Kier alpha value is -1.20. The Kier molecular flexibility index (Phi) is 6.21. The average molecular weight is 278 g/mol. The third-order valence-electron chi connectivity index (χ3n) is 3.88. The molecule has 1 saturated heterocycles. The Morgan fingerprint density at radius 3 is 2.90 bits per heavy atom. The summed E-state index contributed by atoms with van der Waals surface area (Å²) in [7, 11) is 1.71. The molecule has 1 aromatic heterocycles. The molecule has 2 rings (SSSR count). The first-order valence-electron chi connectivity index (χ1n) is 7.59. The van der Waals surface area contributed by atoms with Gasteiger partial charge in [-0.2, -0.15) is 0 Å². The van der Waals surface area contributed by atoms with Gasteiger partial charge in [-0.1, -0.05) is 13.3 Å². The van der Waals surface area contributed by atoms with Crippen molar-refractivity contribution in [2.24, 2.45) is 5.92 Å². The number of ether oxygens (including phenoxy) is 1. The van der Waals surface area contributed by atoms with Crippen molar-refractivity contribution in [3.05, 3.63) is 18.0 Å². The summed E-state index contributed by atoms with van der Waals surface area (Å²) in [6.07, 6.45) is 7.70. The van der Waals surface area contributed by atoms with Crippen LogP contribution in [-0.4, -0.2) is 43.3 Å². The largest absolute Gasteiger partial charge is 0.383 e. The summed E-state index contributed by atoms with van der Waals surface area (Å²) in [5.41, 5.74) is 1.12. The standard InChI is InChI=1S/C15H26N4O/c1-3-13-5-4-7-19(12-13)15-17-10-14(11-18-15)9-16-6-8-20-2/h10-11,13,16H,3-9,12H2,1-2H3. The predicted octanol–water partition coefficient (Wildman–Crippen LogP) is 1.84. The molecular weight excluding hydrogens is 252 g/mol.